The van der Waals surface area contributed by atoms with Gasteiger partial charge in [-0.05, 0) is 24.8 Å². The van der Waals surface area contributed by atoms with Crippen LogP contribution in [0.3, 0.4) is 0 Å². The Labute approximate surface area is 111 Å². The number of alkyl halides is 1. The summed E-state index contributed by atoms with van der Waals surface area (Å²) >= 11 is 3.62. The first-order valence-corrected chi connectivity index (χ1v) is 7.04. The van der Waals surface area contributed by atoms with Gasteiger partial charge in [-0.15, -0.1) is 0 Å². The van der Waals surface area contributed by atoms with Gasteiger partial charge in [-0.2, -0.15) is 5.10 Å². The minimum absolute atomic E-state index is 0.576. The van der Waals surface area contributed by atoms with Crippen LogP contribution in [0.25, 0.3) is 10.9 Å². The summed E-state index contributed by atoms with van der Waals surface area (Å²) in [6, 6.07) is 8.45. The van der Waals surface area contributed by atoms with Crippen molar-refractivity contribution < 1.29 is 0 Å². The second kappa shape index (κ2) is 5.21. The third kappa shape index (κ3) is 2.89. The lowest BCUT2D eigenvalue weighted by atomic mass is 9.99. The summed E-state index contributed by atoms with van der Waals surface area (Å²) in [5.41, 5.74) is 2.45. The molecule has 1 aromatic heterocycles. The van der Waals surface area contributed by atoms with E-state index in [-0.39, 0.29) is 0 Å². The van der Waals surface area contributed by atoms with E-state index in [1.165, 1.54) is 23.0 Å². The number of para-hydroxylation sites is 1. The molecular weight excluding hydrogens is 276 g/mol. The number of aromatic nitrogens is 2. The van der Waals surface area contributed by atoms with Crippen LogP contribution < -0.4 is 0 Å². The molecule has 2 rings (SSSR count). The van der Waals surface area contributed by atoms with Gasteiger partial charge in [0.05, 0.1) is 11.2 Å². The molecule has 1 heterocycles. The first kappa shape index (κ1) is 12.6. The van der Waals surface area contributed by atoms with Gasteiger partial charge in [0.25, 0.3) is 0 Å². The largest absolute Gasteiger partial charge is 0.268 e. The lowest BCUT2D eigenvalue weighted by Gasteiger charge is -2.11. The van der Waals surface area contributed by atoms with E-state index in [9.17, 15) is 0 Å². The fraction of sp³-hybridized carbons (Fsp3) is 0.500. The number of nitrogens with zero attached hydrogens (tertiary/aromatic N) is 2. The summed E-state index contributed by atoms with van der Waals surface area (Å²) in [6.45, 7) is 4.49. The Kier molecular flexibility index (Phi) is 3.87. The van der Waals surface area contributed by atoms with Crippen LogP contribution in [0.4, 0.5) is 0 Å². The summed E-state index contributed by atoms with van der Waals surface area (Å²) in [4.78, 5) is 0.576. The smallest absolute Gasteiger partial charge is 0.0705 e. The summed E-state index contributed by atoms with van der Waals surface area (Å²) in [5.74, 6) is 0.655. The first-order chi connectivity index (χ1) is 8.08. The van der Waals surface area contributed by atoms with Crippen LogP contribution in [-0.4, -0.2) is 14.6 Å². The molecule has 2 aromatic rings. The fourth-order valence-corrected chi connectivity index (χ4v) is 3.05. The molecule has 92 valence electrons. The van der Waals surface area contributed by atoms with Crippen LogP contribution in [0, 0.1) is 5.92 Å². The summed E-state index contributed by atoms with van der Waals surface area (Å²) in [6.07, 6.45) is 2.24. The molecular formula is C14H19BrN2. The Morgan fingerprint density at radius 2 is 2.00 bits per heavy atom. The van der Waals surface area contributed by atoms with Crippen molar-refractivity contribution in [2.24, 2.45) is 13.0 Å². The van der Waals surface area contributed by atoms with E-state index in [1.807, 2.05) is 11.7 Å². The van der Waals surface area contributed by atoms with Crippen LogP contribution in [0.2, 0.25) is 0 Å². The highest BCUT2D eigenvalue weighted by molar-refractivity contribution is 9.09. The van der Waals surface area contributed by atoms with Crippen molar-refractivity contribution in [3.8, 4) is 0 Å². The third-order valence-corrected chi connectivity index (χ3v) is 3.48. The predicted octanol–water partition coefficient (Wildman–Crippen LogP) is 3.93. The van der Waals surface area contributed by atoms with Crippen LogP contribution in [0.5, 0.6) is 0 Å². The van der Waals surface area contributed by atoms with Crippen LogP contribution >= 0.6 is 15.9 Å². The van der Waals surface area contributed by atoms with Gasteiger partial charge in [0.2, 0.25) is 0 Å². The van der Waals surface area contributed by atoms with Gasteiger partial charge < -0.3 is 0 Å². The number of rotatable bonds is 4. The maximum Gasteiger partial charge on any atom is 0.0705 e. The lowest BCUT2D eigenvalue weighted by Crippen LogP contribution is -2.06. The summed E-state index contributed by atoms with van der Waals surface area (Å²) < 4.78 is 1.98. The Morgan fingerprint density at radius 1 is 1.29 bits per heavy atom. The SMILES string of the molecule is CC(Br)CC(C)Cc1nn(C)c2ccccc12. The monoisotopic (exact) mass is 294 g/mol. The van der Waals surface area contributed by atoms with Gasteiger partial charge in [-0.3, -0.25) is 4.68 Å². The molecule has 0 aliphatic carbocycles. The van der Waals surface area contributed by atoms with E-state index >= 15 is 0 Å². The zero-order chi connectivity index (χ0) is 12.4. The predicted molar refractivity (Wildman–Crippen MR) is 76.6 cm³/mol. The highest BCUT2D eigenvalue weighted by atomic mass is 79.9. The Hall–Kier alpha value is -0.830. The van der Waals surface area contributed by atoms with E-state index in [4.69, 9.17) is 0 Å². The molecule has 0 spiro atoms. The maximum absolute atomic E-state index is 4.64. The maximum atomic E-state index is 4.64. The standard InChI is InChI=1S/C14H19BrN2/c1-10(8-11(2)15)9-13-12-6-4-5-7-14(12)17(3)16-13/h4-7,10-11H,8-9H2,1-3H3. The molecule has 0 bridgehead atoms. The Morgan fingerprint density at radius 3 is 2.71 bits per heavy atom. The van der Waals surface area contributed by atoms with Crippen molar-refractivity contribution in [3.05, 3.63) is 30.0 Å². The van der Waals surface area contributed by atoms with Crippen molar-refractivity contribution in [2.45, 2.75) is 31.5 Å². The van der Waals surface area contributed by atoms with Gasteiger partial charge in [-0.1, -0.05) is 48.0 Å². The molecule has 0 aliphatic rings. The second-order valence-corrected chi connectivity index (χ2v) is 6.48. The molecule has 2 atom stereocenters. The van der Waals surface area contributed by atoms with Gasteiger partial charge in [0.1, 0.15) is 0 Å². The van der Waals surface area contributed by atoms with Crippen LogP contribution in [-0.2, 0) is 13.5 Å². The molecule has 0 aliphatic heterocycles. The molecule has 2 nitrogen and oxygen atoms in total. The number of fused-ring (bicyclic) bond motifs is 1. The molecule has 0 radical (unpaired) electrons. The van der Waals surface area contributed by atoms with E-state index in [0.29, 0.717) is 10.7 Å². The number of halogens is 1. The van der Waals surface area contributed by atoms with E-state index in [0.717, 1.165) is 6.42 Å². The molecule has 1 aromatic carbocycles. The van der Waals surface area contributed by atoms with Crippen molar-refractivity contribution >= 4 is 26.8 Å². The van der Waals surface area contributed by atoms with Crippen molar-refractivity contribution in [1.82, 2.24) is 9.78 Å². The number of aryl methyl sites for hydroxylation is 1. The minimum Gasteiger partial charge on any atom is -0.268 e. The van der Waals surface area contributed by atoms with Gasteiger partial charge in [0, 0.05) is 17.3 Å². The molecule has 0 saturated heterocycles. The average molecular weight is 295 g/mol. The zero-order valence-corrected chi connectivity index (χ0v) is 12.2. The number of hydrogen-bond acceptors (Lipinski definition) is 1. The molecule has 0 saturated carbocycles. The lowest BCUT2D eigenvalue weighted by molar-refractivity contribution is 0.524. The molecule has 0 N–H and O–H groups in total. The van der Waals surface area contributed by atoms with Gasteiger partial charge in [0.15, 0.2) is 0 Å². The molecule has 3 heteroatoms. The average Bonchev–Trinajstić information content (AvgIpc) is 2.55. The van der Waals surface area contributed by atoms with Gasteiger partial charge >= 0.3 is 0 Å². The Balaban J connectivity index is 2.24. The highest BCUT2D eigenvalue weighted by Crippen LogP contribution is 2.22. The number of benzene rings is 1. The molecule has 17 heavy (non-hydrogen) atoms. The zero-order valence-electron chi connectivity index (χ0n) is 10.7. The minimum atomic E-state index is 0.576. The first-order valence-electron chi connectivity index (χ1n) is 6.12. The van der Waals surface area contributed by atoms with Crippen molar-refractivity contribution in [2.75, 3.05) is 0 Å². The fourth-order valence-electron chi connectivity index (χ4n) is 2.41. The summed E-state index contributed by atoms with van der Waals surface area (Å²) in [5, 5.41) is 5.93. The van der Waals surface area contributed by atoms with E-state index in [1.54, 1.807) is 0 Å². The summed E-state index contributed by atoms with van der Waals surface area (Å²) in [7, 11) is 2.02. The normalized spacial score (nSPS) is 15.1. The van der Waals surface area contributed by atoms with Crippen LogP contribution in [0.1, 0.15) is 26.0 Å². The van der Waals surface area contributed by atoms with E-state index in [2.05, 4.69) is 59.1 Å². The molecule has 0 fully saturated rings. The molecule has 2 unspecified atom stereocenters. The third-order valence-electron chi connectivity index (χ3n) is 3.10. The van der Waals surface area contributed by atoms with Gasteiger partial charge in [-0.25, -0.2) is 0 Å². The van der Waals surface area contributed by atoms with Crippen LogP contribution in [0.15, 0.2) is 24.3 Å². The highest BCUT2D eigenvalue weighted by Gasteiger charge is 2.12. The quantitative estimate of drug-likeness (QED) is 0.782. The topological polar surface area (TPSA) is 17.8 Å². The van der Waals surface area contributed by atoms with Crippen molar-refractivity contribution in [3.63, 3.8) is 0 Å². The van der Waals surface area contributed by atoms with E-state index < -0.39 is 0 Å². The molecule has 0 amide bonds. The Bertz CT molecular complexity index is 502. The number of hydrogen-bond donors (Lipinski definition) is 0. The van der Waals surface area contributed by atoms with Crippen molar-refractivity contribution in [1.29, 1.82) is 0 Å². The second-order valence-electron chi connectivity index (χ2n) is 4.91.